The first-order valence-corrected chi connectivity index (χ1v) is 5.77. The van der Waals surface area contributed by atoms with Crippen molar-refractivity contribution in [2.75, 3.05) is 6.61 Å². The number of carbonyl (C=O) groups is 1. The van der Waals surface area contributed by atoms with E-state index in [1.54, 1.807) is 19.1 Å². The maximum Gasteiger partial charge on any atom is 0.411 e. The van der Waals surface area contributed by atoms with Crippen LogP contribution in [0.4, 0.5) is 13.2 Å². The average Bonchev–Trinajstić information content (AvgIpc) is 2.19. The van der Waals surface area contributed by atoms with Crippen molar-refractivity contribution in [3.63, 3.8) is 0 Å². The number of halogens is 4. The molecule has 0 unspecified atom stereocenters. The van der Waals surface area contributed by atoms with Gasteiger partial charge < -0.3 is 10.5 Å². The minimum absolute atomic E-state index is 0.0912. The first-order chi connectivity index (χ1) is 8.69. The van der Waals surface area contributed by atoms with Crippen LogP contribution in [0.5, 0.6) is 0 Å². The maximum absolute atomic E-state index is 12.0. The Morgan fingerprint density at radius 1 is 1.42 bits per heavy atom. The van der Waals surface area contributed by atoms with Gasteiger partial charge in [-0.05, 0) is 24.1 Å². The van der Waals surface area contributed by atoms with Crippen molar-refractivity contribution in [1.29, 1.82) is 0 Å². The molecule has 1 aromatic carbocycles. The number of carbonyl (C=O) groups excluding carboxylic acids is 1. The molecule has 0 aliphatic carbocycles. The van der Waals surface area contributed by atoms with Crippen molar-refractivity contribution in [2.24, 2.45) is 5.73 Å². The van der Waals surface area contributed by atoms with E-state index in [0.717, 1.165) is 5.56 Å². The summed E-state index contributed by atoms with van der Waals surface area (Å²) in [4.78, 5) is 10.9. The second-order valence-electron chi connectivity index (χ2n) is 4.14. The van der Waals surface area contributed by atoms with Crippen molar-refractivity contribution in [2.45, 2.75) is 26.1 Å². The molecule has 0 saturated carbocycles. The van der Waals surface area contributed by atoms with Gasteiger partial charge in [0.25, 0.3) is 0 Å². The molecular weight excluding hydrogens is 283 g/mol. The summed E-state index contributed by atoms with van der Waals surface area (Å²) < 4.78 is 40.6. The standard InChI is InChI=1S/C12H13ClF3NO2/c1-7-2-8(4-11(17)18)9(10(13)3-7)5-19-6-12(14,15)16/h2-3H,4-6H2,1H3,(H2,17,18). The number of hydrogen-bond donors (Lipinski definition) is 1. The van der Waals surface area contributed by atoms with Gasteiger partial charge in [-0.3, -0.25) is 4.79 Å². The van der Waals surface area contributed by atoms with Crippen molar-refractivity contribution in [3.05, 3.63) is 33.8 Å². The van der Waals surface area contributed by atoms with Crippen LogP contribution in [0.15, 0.2) is 12.1 Å². The van der Waals surface area contributed by atoms with Gasteiger partial charge in [-0.1, -0.05) is 17.7 Å². The quantitative estimate of drug-likeness (QED) is 0.908. The normalized spacial score (nSPS) is 11.6. The molecule has 0 atom stereocenters. The van der Waals surface area contributed by atoms with E-state index in [0.29, 0.717) is 11.1 Å². The van der Waals surface area contributed by atoms with Crippen molar-refractivity contribution >= 4 is 17.5 Å². The fraction of sp³-hybridized carbons (Fsp3) is 0.417. The van der Waals surface area contributed by atoms with Crippen molar-refractivity contribution in [3.8, 4) is 0 Å². The number of benzene rings is 1. The molecule has 19 heavy (non-hydrogen) atoms. The first-order valence-electron chi connectivity index (χ1n) is 5.39. The highest BCUT2D eigenvalue weighted by Crippen LogP contribution is 2.25. The number of aryl methyl sites for hydroxylation is 1. The molecule has 0 heterocycles. The summed E-state index contributed by atoms with van der Waals surface area (Å²) in [6.45, 7) is 0.0746. The van der Waals surface area contributed by atoms with Gasteiger partial charge in [0, 0.05) is 10.6 Å². The third-order valence-electron chi connectivity index (χ3n) is 2.31. The fourth-order valence-corrected chi connectivity index (χ4v) is 1.97. The number of hydrogen-bond acceptors (Lipinski definition) is 2. The lowest BCUT2D eigenvalue weighted by molar-refractivity contribution is -0.176. The van der Waals surface area contributed by atoms with Crippen LogP contribution in [0.3, 0.4) is 0 Å². The van der Waals surface area contributed by atoms with E-state index >= 15 is 0 Å². The van der Waals surface area contributed by atoms with Crippen molar-refractivity contribution in [1.82, 2.24) is 0 Å². The molecule has 0 saturated heterocycles. The molecular formula is C12H13ClF3NO2. The highest BCUT2D eigenvalue weighted by atomic mass is 35.5. The number of primary amides is 1. The van der Waals surface area contributed by atoms with Gasteiger partial charge in [-0.25, -0.2) is 0 Å². The number of rotatable bonds is 5. The van der Waals surface area contributed by atoms with Gasteiger partial charge in [0.05, 0.1) is 13.0 Å². The van der Waals surface area contributed by atoms with Gasteiger partial charge in [-0.15, -0.1) is 0 Å². The molecule has 7 heteroatoms. The zero-order valence-corrected chi connectivity index (χ0v) is 10.9. The average molecular weight is 296 g/mol. The Morgan fingerprint density at radius 3 is 2.58 bits per heavy atom. The smallest absolute Gasteiger partial charge is 0.369 e. The number of ether oxygens (including phenoxy) is 1. The van der Waals surface area contributed by atoms with Gasteiger partial charge in [0.15, 0.2) is 0 Å². The number of alkyl halides is 3. The van der Waals surface area contributed by atoms with Gasteiger partial charge in [-0.2, -0.15) is 13.2 Å². The Labute approximate surface area is 113 Å². The van der Waals surface area contributed by atoms with Crippen LogP contribution in [0.2, 0.25) is 5.02 Å². The monoisotopic (exact) mass is 295 g/mol. The molecule has 1 aromatic rings. The summed E-state index contributed by atoms with van der Waals surface area (Å²) in [5.74, 6) is -0.585. The molecule has 1 rings (SSSR count). The van der Waals surface area contributed by atoms with E-state index in [4.69, 9.17) is 17.3 Å². The lowest BCUT2D eigenvalue weighted by Gasteiger charge is -2.13. The predicted molar refractivity (Wildman–Crippen MR) is 64.8 cm³/mol. The second kappa shape index (κ2) is 6.25. The predicted octanol–water partition coefficient (Wildman–Crippen LogP) is 2.76. The zero-order valence-electron chi connectivity index (χ0n) is 10.2. The molecule has 2 N–H and O–H groups in total. The molecule has 0 aliphatic rings. The minimum Gasteiger partial charge on any atom is -0.369 e. The van der Waals surface area contributed by atoms with Crippen LogP contribution in [0, 0.1) is 6.92 Å². The third kappa shape index (κ3) is 5.48. The Hall–Kier alpha value is -1.27. The van der Waals surface area contributed by atoms with Gasteiger partial charge in [0.2, 0.25) is 5.91 Å². The molecule has 0 fully saturated rings. The van der Waals surface area contributed by atoms with E-state index in [2.05, 4.69) is 4.74 Å². The molecule has 0 aromatic heterocycles. The van der Waals surface area contributed by atoms with E-state index in [1.807, 2.05) is 0 Å². The second-order valence-corrected chi connectivity index (χ2v) is 4.54. The van der Waals surface area contributed by atoms with Crippen LogP contribution in [0.1, 0.15) is 16.7 Å². The lowest BCUT2D eigenvalue weighted by Crippen LogP contribution is -2.18. The summed E-state index contributed by atoms with van der Waals surface area (Å²) in [5, 5.41) is 0.262. The van der Waals surface area contributed by atoms with Gasteiger partial charge >= 0.3 is 6.18 Å². The van der Waals surface area contributed by atoms with E-state index in [1.165, 1.54) is 0 Å². The minimum atomic E-state index is -4.40. The molecule has 0 bridgehead atoms. The first kappa shape index (κ1) is 15.8. The van der Waals surface area contributed by atoms with E-state index < -0.39 is 18.7 Å². The summed E-state index contributed by atoms with van der Waals surface area (Å²) >= 11 is 5.95. The van der Waals surface area contributed by atoms with Crippen molar-refractivity contribution < 1.29 is 22.7 Å². The number of amides is 1. The summed E-state index contributed by atoms with van der Waals surface area (Å²) in [6.07, 6.45) is -4.49. The summed E-state index contributed by atoms with van der Waals surface area (Å²) in [6, 6.07) is 3.25. The molecule has 0 aliphatic heterocycles. The van der Waals surface area contributed by atoms with Crippen LogP contribution in [-0.4, -0.2) is 18.7 Å². The van der Waals surface area contributed by atoms with Gasteiger partial charge in [0.1, 0.15) is 6.61 Å². The SMILES string of the molecule is Cc1cc(Cl)c(COCC(F)(F)F)c(CC(N)=O)c1. The molecule has 0 radical (unpaired) electrons. The maximum atomic E-state index is 12.0. The Bertz CT molecular complexity index is 475. The highest BCUT2D eigenvalue weighted by Gasteiger charge is 2.27. The van der Waals surface area contributed by atoms with E-state index in [9.17, 15) is 18.0 Å². The van der Waals surface area contributed by atoms with Crippen LogP contribution < -0.4 is 5.73 Å². The van der Waals surface area contributed by atoms with E-state index in [-0.39, 0.29) is 18.1 Å². The fourth-order valence-electron chi connectivity index (χ4n) is 1.62. The zero-order chi connectivity index (χ0) is 14.6. The Kier molecular flexibility index (Phi) is 5.20. The van der Waals surface area contributed by atoms with Crippen LogP contribution in [0.25, 0.3) is 0 Å². The molecule has 106 valence electrons. The summed E-state index contributed by atoms with van der Waals surface area (Å²) in [5.41, 5.74) is 6.72. The Balaban J connectivity index is 2.88. The topological polar surface area (TPSA) is 52.3 Å². The summed E-state index contributed by atoms with van der Waals surface area (Å²) in [7, 11) is 0. The number of nitrogens with two attached hydrogens (primary N) is 1. The lowest BCUT2D eigenvalue weighted by atomic mass is 10.0. The largest absolute Gasteiger partial charge is 0.411 e. The Morgan fingerprint density at radius 2 is 2.05 bits per heavy atom. The highest BCUT2D eigenvalue weighted by molar-refractivity contribution is 6.31. The third-order valence-corrected chi connectivity index (χ3v) is 2.65. The van der Waals surface area contributed by atoms with Crippen LogP contribution >= 0.6 is 11.6 Å². The van der Waals surface area contributed by atoms with Crippen LogP contribution in [-0.2, 0) is 22.6 Å². The molecule has 3 nitrogen and oxygen atoms in total. The molecule has 1 amide bonds. The molecule has 0 spiro atoms.